The highest BCUT2D eigenvalue weighted by Crippen LogP contribution is 2.49. The summed E-state index contributed by atoms with van der Waals surface area (Å²) in [7, 11) is 5.36. The van der Waals surface area contributed by atoms with Crippen molar-refractivity contribution in [3.05, 3.63) is 103 Å². The van der Waals surface area contributed by atoms with Crippen LogP contribution in [-0.2, 0) is 17.8 Å². The van der Waals surface area contributed by atoms with Crippen LogP contribution in [0.2, 0.25) is 10.0 Å². The smallest absolute Gasteiger partial charge is 0.410 e. The number of nitrogens with zero attached hydrogens (tertiary/aromatic N) is 7. The molecular weight excluding hydrogens is 1110 g/mol. The summed E-state index contributed by atoms with van der Waals surface area (Å²) in [6.07, 6.45) is 5.21. The fourth-order valence-electron chi connectivity index (χ4n) is 13.2. The standard InChI is InChI=1S/C33H39ClF2N4O5.C28H30ClF2N3O3/c1-18-14-39-20(16-38(18)32(42)45-33(2,3)4)17-44-30-29(39)21-13-22(34)25(26-23(35)10-7-11-24(26)43-6)27(36)28(21)40(31(30)41)15-19-9-8-12-37(19)5;1-15-8-9-17-14-37-27-26(33(17)12-15)18-11-19(29)22(23-20(30)6-3-7-21(23)35)24(31)25(18)34(28(27)36)13-16-5-4-10-32(16)2/h7,10-11,13,18-20H,8-9,12,14-17H2,1-6H3;3,6-7,11,15-17,35H,4-5,8-10,12-14H2,1-2H3/t18-,19+,20-;15-,16-,17+/m10/s1. The largest absolute Gasteiger partial charge is 0.507 e. The van der Waals surface area contributed by atoms with Crippen LogP contribution in [0, 0.1) is 29.2 Å². The van der Waals surface area contributed by atoms with E-state index in [1.54, 1.807) is 17.0 Å². The van der Waals surface area contributed by atoms with Crippen LogP contribution in [0.15, 0.2) is 58.1 Å². The number of halogens is 6. The first-order valence-corrected chi connectivity index (χ1v) is 29.0. The zero-order chi connectivity index (χ0) is 58.4. The fraction of sp³-hybridized carbons (Fsp3) is 0.492. The average Bonchev–Trinajstić information content (AvgIpc) is 1.89. The lowest BCUT2D eigenvalue weighted by atomic mass is 9.91. The Labute approximate surface area is 483 Å². The van der Waals surface area contributed by atoms with Crippen LogP contribution >= 0.6 is 23.2 Å². The first-order chi connectivity index (χ1) is 39.1. The fourth-order valence-corrected chi connectivity index (χ4v) is 13.8. The minimum atomic E-state index is -0.823. The number of phenolic OH excluding ortho intramolecular Hbond substituents is 1. The second-order valence-corrected chi connectivity index (χ2v) is 24.8. The van der Waals surface area contributed by atoms with E-state index < -0.39 is 51.8 Å². The third-order valence-electron chi connectivity index (χ3n) is 17.4. The van der Waals surface area contributed by atoms with E-state index in [2.05, 4.69) is 21.6 Å². The van der Waals surface area contributed by atoms with Gasteiger partial charge in [0.15, 0.2) is 11.6 Å². The third kappa shape index (κ3) is 10.1. The molecule has 0 bridgehead atoms. The van der Waals surface area contributed by atoms with Crippen molar-refractivity contribution in [2.45, 2.75) is 122 Å². The Kier molecular flexibility index (Phi) is 15.6. The van der Waals surface area contributed by atoms with Gasteiger partial charge in [-0.3, -0.25) is 9.59 Å². The molecule has 6 aromatic rings. The van der Waals surface area contributed by atoms with E-state index in [1.165, 1.54) is 46.6 Å². The molecule has 4 saturated heterocycles. The third-order valence-corrected chi connectivity index (χ3v) is 18.0. The predicted molar refractivity (Wildman–Crippen MR) is 311 cm³/mol. The zero-order valence-corrected chi connectivity index (χ0v) is 48.9. The highest BCUT2D eigenvalue weighted by Gasteiger charge is 2.44. The Morgan fingerprint density at radius 1 is 0.695 bits per heavy atom. The van der Waals surface area contributed by atoms with Gasteiger partial charge in [0.1, 0.15) is 41.9 Å². The van der Waals surface area contributed by atoms with Crippen molar-refractivity contribution in [1.82, 2.24) is 23.8 Å². The molecule has 2 aromatic heterocycles. The number of anilines is 2. The number of likely N-dealkylation sites (N-methyl/N-ethyl adjacent to an activating group) is 2. The molecular formula is C61H69Cl2F4N7O8. The molecule has 1 N–H and O–H groups in total. The van der Waals surface area contributed by atoms with Crippen LogP contribution in [0.1, 0.15) is 73.1 Å². The number of rotatable bonds is 7. The summed E-state index contributed by atoms with van der Waals surface area (Å²) in [6.45, 7) is 13.7. The van der Waals surface area contributed by atoms with Gasteiger partial charge in [0.05, 0.1) is 62.8 Å². The number of phenols is 1. The molecule has 0 aliphatic carbocycles. The van der Waals surface area contributed by atoms with Gasteiger partial charge in [0, 0.05) is 72.7 Å². The molecule has 6 aliphatic rings. The lowest BCUT2D eigenvalue weighted by Gasteiger charge is -2.48. The normalized spacial score (nSPS) is 22.7. The molecule has 6 atom stereocenters. The molecule has 438 valence electrons. The van der Waals surface area contributed by atoms with Crippen LogP contribution in [-0.4, -0.2) is 138 Å². The number of pyridine rings is 2. The number of amides is 1. The number of aromatic nitrogens is 2. The molecule has 8 heterocycles. The van der Waals surface area contributed by atoms with Crippen LogP contribution in [0.5, 0.6) is 23.0 Å². The number of fused-ring (bicyclic) bond motifs is 10. The molecule has 4 fully saturated rings. The summed E-state index contributed by atoms with van der Waals surface area (Å²) in [5.41, 5.74) is -1.32. The van der Waals surface area contributed by atoms with Gasteiger partial charge >= 0.3 is 6.09 Å². The maximum Gasteiger partial charge on any atom is 0.410 e. The molecule has 6 aliphatic heterocycles. The summed E-state index contributed by atoms with van der Waals surface area (Å²) in [5.74, 6) is -2.70. The second-order valence-electron chi connectivity index (χ2n) is 24.0. The number of aromatic hydroxyl groups is 1. The van der Waals surface area contributed by atoms with Gasteiger partial charge in [-0.1, -0.05) is 42.3 Å². The van der Waals surface area contributed by atoms with E-state index in [1.807, 2.05) is 46.7 Å². The van der Waals surface area contributed by atoms with Crippen molar-refractivity contribution >= 4 is 62.5 Å². The van der Waals surface area contributed by atoms with Gasteiger partial charge < -0.3 is 57.7 Å². The monoisotopic (exact) mass is 1170 g/mol. The van der Waals surface area contributed by atoms with Gasteiger partial charge in [-0.05, 0) is 136 Å². The minimum absolute atomic E-state index is 0.000731. The first kappa shape index (κ1) is 57.4. The number of carbonyl (C=O) groups is 1. The van der Waals surface area contributed by atoms with E-state index in [4.69, 9.17) is 42.1 Å². The van der Waals surface area contributed by atoms with Crippen LogP contribution < -0.4 is 35.1 Å². The number of piperidine rings is 1. The number of hydrogen-bond donors (Lipinski definition) is 1. The SMILES string of the molecule is COc1cccc(F)c1-c1c(Cl)cc2c3c(c(=O)n(C[C@@H]4CCCN4C)c2c1F)OC[C@H]1CN(C(=O)OC(C)(C)C)[C@H](C)CN31.C[C@H]1CC[C@@H]2COc3c(c4cc(Cl)c(-c5c(O)cccc5F)c(F)c4n(C[C@@H]4CCCN4C)c3=O)N2C1. The van der Waals surface area contributed by atoms with Crippen molar-refractivity contribution < 1.29 is 46.4 Å². The lowest BCUT2D eigenvalue weighted by molar-refractivity contribution is 0.00990. The van der Waals surface area contributed by atoms with Crippen molar-refractivity contribution in [2.24, 2.45) is 5.92 Å². The molecule has 4 aromatic carbocycles. The summed E-state index contributed by atoms with van der Waals surface area (Å²) >= 11 is 13.5. The molecule has 82 heavy (non-hydrogen) atoms. The van der Waals surface area contributed by atoms with Crippen LogP contribution in [0.25, 0.3) is 44.1 Å². The van der Waals surface area contributed by atoms with E-state index in [9.17, 15) is 23.9 Å². The Bertz CT molecular complexity index is 3630. The van der Waals surface area contributed by atoms with E-state index in [0.29, 0.717) is 41.2 Å². The van der Waals surface area contributed by atoms with Crippen molar-refractivity contribution in [1.29, 1.82) is 0 Å². The lowest BCUT2D eigenvalue weighted by Crippen LogP contribution is -2.63. The second kappa shape index (κ2) is 22.3. The molecule has 0 saturated carbocycles. The van der Waals surface area contributed by atoms with Gasteiger partial charge in [-0.15, -0.1) is 0 Å². The molecule has 0 radical (unpaired) electrons. The summed E-state index contributed by atoms with van der Waals surface area (Å²) in [4.78, 5) is 51.5. The number of methoxy groups -OCH3 is 1. The number of hydrogen-bond acceptors (Lipinski definition) is 12. The Hall–Kier alpha value is -6.41. The Morgan fingerprint density at radius 2 is 1.21 bits per heavy atom. The summed E-state index contributed by atoms with van der Waals surface area (Å²) < 4.78 is 90.2. The predicted octanol–water partition coefficient (Wildman–Crippen LogP) is 11.3. The minimum Gasteiger partial charge on any atom is -0.507 e. The number of piperazine rings is 1. The molecule has 0 spiro atoms. The molecule has 0 unspecified atom stereocenters. The average molecular weight is 1180 g/mol. The highest BCUT2D eigenvalue weighted by atomic mass is 35.5. The molecule has 12 rings (SSSR count). The zero-order valence-electron chi connectivity index (χ0n) is 47.4. The van der Waals surface area contributed by atoms with Crippen molar-refractivity contribution in [2.75, 3.05) is 76.9 Å². The maximum atomic E-state index is 17.1. The maximum absolute atomic E-state index is 17.1. The van der Waals surface area contributed by atoms with Gasteiger partial charge in [0.25, 0.3) is 11.1 Å². The van der Waals surface area contributed by atoms with Gasteiger partial charge in [-0.2, -0.15) is 0 Å². The number of likely N-dealkylation sites (tertiary alicyclic amines) is 2. The van der Waals surface area contributed by atoms with Crippen molar-refractivity contribution in [3.63, 3.8) is 0 Å². The quantitative estimate of drug-likeness (QED) is 0.153. The molecule has 21 heteroatoms. The van der Waals surface area contributed by atoms with Gasteiger partial charge in [0.2, 0.25) is 11.5 Å². The highest BCUT2D eigenvalue weighted by molar-refractivity contribution is 6.35. The number of benzene rings is 4. The summed E-state index contributed by atoms with van der Waals surface area (Å²) in [6, 6.07) is 10.7. The van der Waals surface area contributed by atoms with E-state index in [0.717, 1.165) is 64.2 Å². The topological polar surface area (TPSA) is 134 Å². The van der Waals surface area contributed by atoms with Crippen LogP contribution in [0.3, 0.4) is 0 Å². The Morgan fingerprint density at radius 3 is 1.72 bits per heavy atom. The van der Waals surface area contributed by atoms with Crippen molar-refractivity contribution in [3.8, 4) is 45.3 Å². The Balaban J connectivity index is 0.000000175. The summed E-state index contributed by atoms with van der Waals surface area (Å²) in [5, 5.41) is 11.2. The van der Waals surface area contributed by atoms with Gasteiger partial charge in [-0.25, -0.2) is 22.4 Å². The molecule has 15 nitrogen and oxygen atoms in total. The van der Waals surface area contributed by atoms with Crippen LogP contribution in [0.4, 0.5) is 33.7 Å². The first-order valence-electron chi connectivity index (χ1n) is 28.2. The van der Waals surface area contributed by atoms with E-state index >= 15 is 13.2 Å². The number of ether oxygens (including phenoxy) is 4. The molecule has 1 amide bonds. The number of carbonyl (C=O) groups excluding carboxylic acids is 1. The van der Waals surface area contributed by atoms with E-state index in [-0.39, 0.29) is 117 Å².